The van der Waals surface area contributed by atoms with Crippen molar-refractivity contribution in [1.29, 1.82) is 0 Å². The van der Waals surface area contributed by atoms with E-state index in [-0.39, 0.29) is 12.1 Å². The summed E-state index contributed by atoms with van der Waals surface area (Å²) in [4.78, 5) is 11.3. The maximum Gasteiger partial charge on any atom is 0.327 e. The fraction of sp³-hybridized carbons (Fsp3) is 0.462. The van der Waals surface area contributed by atoms with Gasteiger partial charge in [-0.3, -0.25) is 0 Å². The molecular formula is C13H20N2O3. The van der Waals surface area contributed by atoms with Crippen LogP contribution in [-0.4, -0.2) is 25.2 Å². The molecule has 0 aliphatic carbocycles. The summed E-state index contributed by atoms with van der Waals surface area (Å²) in [6.07, 6.45) is 0.0673. The maximum atomic E-state index is 11.3. The van der Waals surface area contributed by atoms with Gasteiger partial charge in [0.05, 0.1) is 13.2 Å². The molecule has 0 saturated carbocycles. The molecule has 100 valence electrons. The third-order valence-electron chi connectivity index (χ3n) is 2.24. The summed E-state index contributed by atoms with van der Waals surface area (Å²) in [6.45, 7) is 5.60. The third-order valence-corrected chi connectivity index (χ3v) is 2.24. The van der Waals surface area contributed by atoms with Crippen LogP contribution in [0.3, 0.4) is 0 Å². The Labute approximate surface area is 107 Å². The molecule has 0 aromatic heterocycles. The number of anilines is 2. The van der Waals surface area contributed by atoms with Gasteiger partial charge in [0, 0.05) is 23.5 Å². The number of esters is 1. The number of hydrogen-bond acceptors (Lipinski definition) is 5. The highest BCUT2D eigenvalue weighted by molar-refractivity contribution is 5.79. The van der Waals surface area contributed by atoms with E-state index in [0.29, 0.717) is 11.4 Å². The smallest absolute Gasteiger partial charge is 0.327 e. The topological polar surface area (TPSA) is 73.6 Å². The molecule has 0 aliphatic heterocycles. The minimum absolute atomic E-state index is 0.0673. The number of rotatable bonds is 5. The van der Waals surface area contributed by atoms with Gasteiger partial charge >= 0.3 is 5.97 Å². The number of nitrogens with one attached hydrogen (secondary N) is 1. The lowest BCUT2D eigenvalue weighted by molar-refractivity contribution is -0.141. The van der Waals surface area contributed by atoms with E-state index >= 15 is 0 Å². The first-order valence-electron chi connectivity index (χ1n) is 5.84. The quantitative estimate of drug-likeness (QED) is 0.619. The first-order valence-corrected chi connectivity index (χ1v) is 5.84. The zero-order valence-corrected chi connectivity index (χ0v) is 11.2. The average Bonchev–Trinajstić information content (AvgIpc) is 2.25. The number of nitrogens with two attached hydrogens (primary N) is 1. The maximum absolute atomic E-state index is 11.3. The van der Waals surface area contributed by atoms with Crippen molar-refractivity contribution in [2.45, 2.75) is 32.9 Å². The standard InChI is InChI=1S/C13H20N2O3/c1-8(2)18-12-6-10(14)5-11(7-12)15-9(3)13(16)17-4/h5-9,15H,14H2,1-4H3. The van der Waals surface area contributed by atoms with E-state index in [1.165, 1.54) is 7.11 Å². The molecule has 0 saturated heterocycles. The predicted octanol–water partition coefficient (Wildman–Crippen LogP) is 2.03. The van der Waals surface area contributed by atoms with Gasteiger partial charge in [0.1, 0.15) is 11.8 Å². The van der Waals surface area contributed by atoms with Crippen LogP contribution < -0.4 is 15.8 Å². The van der Waals surface area contributed by atoms with E-state index in [0.717, 1.165) is 5.69 Å². The summed E-state index contributed by atoms with van der Waals surface area (Å²) in [6, 6.07) is 4.85. The van der Waals surface area contributed by atoms with Gasteiger partial charge in [-0.05, 0) is 26.8 Å². The number of methoxy groups -OCH3 is 1. The number of benzene rings is 1. The van der Waals surface area contributed by atoms with E-state index in [2.05, 4.69) is 10.1 Å². The Kier molecular flexibility index (Phi) is 4.83. The molecule has 0 fully saturated rings. The van der Waals surface area contributed by atoms with Crippen LogP contribution in [0.25, 0.3) is 0 Å². The van der Waals surface area contributed by atoms with Crippen molar-refractivity contribution in [3.63, 3.8) is 0 Å². The molecule has 0 bridgehead atoms. The van der Waals surface area contributed by atoms with Crippen molar-refractivity contribution >= 4 is 17.3 Å². The highest BCUT2D eigenvalue weighted by atomic mass is 16.5. The van der Waals surface area contributed by atoms with Crippen molar-refractivity contribution in [2.24, 2.45) is 0 Å². The normalized spacial score (nSPS) is 12.1. The number of carbonyl (C=O) groups excluding carboxylic acids is 1. The van der Waals surface area contributed by atoms with Gasteiger partial charge in [-0.15, -0.1) is 0 Å². The van der Waals surface area contributed by atoms with Crippen molar-refractivity contribution in [3.8, 4) is 5.75 Å². The third kappa shape index (κ3) is 4.16. The molecule has 0 radical (unpaired) electrons. The highest BCUT2D eigenvalue weighted by Gasteiger charge is 2.13. The molecular weight excluding hydrogens is 232 g/mol. The number of nitrogen functional groups attached to an aromatic ring is 1. The molecule has 0 spiro atoms. The molecule has 1 rings (SSSR count). The van der Waals surface area contributed by atoms with Crippen LogP contribution in [0.5, 0.6) is 5.75 Å². The van der Waals surface area contributed by atoms with Crippen LogP contribution in [0.2, 0.25) is 0 Å². The summed E-state index contributed by atoms with van der Waals surface area (Å²) >= 11 is 0. The van der Waals surface area contributed by atoms with E-state index in [1.54, 1.807) is 25.1 Å². The molecule has 0 aliphatic rings. The number of hydrogen-bond donors (Lipinski definition) is 2. The second kappa shape index (κ2) is 6.14. The monoisotopic (exact) mass is 252 g/mol. The SMILES string of the molecule is COC(=O)C(C)Nc1cc(N)cc(OC(C)C)c1. The van der Waals surface area contributed by atoms with Crippen molar-refractivity contribution in [2.75, 3.05) is 18.2 Å². The van der Waals surface area contributed by atoms with Gasteiger partial charge < -0.3 is 20.5 Å². The minimum Gasteiger partial charge on any atom is -0.491 e. The van der Waals surface area contributed by atoms with Gasteiger partial charge in [0.2, 0.25) is 0 Å². The van der Waals surface area contributed by atoms with Crippen LogP contribution in [0.15, 0.2) is 18.2 Å². The average molecular weight is 252 g/mol. The summed E-state index contributed by atoms with van der Waals surface area (Å²) < 4.78 is 10.2. The summed E-state index contributed by atoms with van der Waals surface area (Å²) in [7, 11) is 1.35. The Morgan fingerprint density at radius 2 is 1.94 bits per heavy atom. The fourth-order valence-electron chi connectivity index (χ4n) is 1.53. The first-order chi connectivity index (χ1) is 8.42. The Bertz CT molecular complexity index is 419. The van der Waals surface area contributed by atoms with Crippen molar-refractivity contribution < 1.29 is 14.3 Å². The Morgan fingerprint density at radius 1 is 1.28 bits per heavy atom. The lowest BCUT2D eigenvalue weighted by Crippen LogP contribution is -2.27. The molecule has 0 heterocycles. The molecule has 5 nitrogen and oxygen atoms in total. The van der Waals surface area contributed by atoms with E-state index in [4.69, 9.17) is 10.5 Å². The Balaban J connectivity index is 2.82. The van der Waals surface area contributed by atoms with Crippen molar-refractivity contribution in [3.05, 3.63) is 18.2 Å². The second-order valence-electron chi connectivity index (χ2n) is 4.35. The van der Waals surface area contributed by atoms with Gasteiger partial charge in [-0.1, -0.05) is 0 Å². The van der Waals surface area contributed by atoms with Gasteiger partial charge in [-0.25, -0.2) is 4.79 Å². The van der Waals surface area contributed by atoms with E-state index in [1.807, 2.05) is 13.8 Å². The van der Waals surface area contributed by atoms with Gasteiger partial charge in [0.15, 0.2) is 0 Å². The molecule has 3 N–H and O–H groups in total. The zero-order chi connectivity index (χ0) is 13.7. The lowest BCUT2D eigenvalue weighted by atomic mass is 10.2. The molecule has 1 atom stereocenters. The molecule has 0 amide bonds. The predicted molar refractivity (Wildman–Crippen MR) is 71.7 cm³/mol. The summed E-state index contributed by atoms with van der Waals surface area (Å²) in [5.41, 5.74) is 7.09. The molecule has 5 heteroatoms. The molecule has 1 aromatic rings. The van der Waals surface area contributed by atoms with E-state index in [9.17, 15) is 4.79 Å². The van der Waals surface area contributed by atoms with Crippen LogP contribution in [0.4, 0.5) is 11.4 Å². The van der Waals surface area contributed by atoms with Gasteiger partial charge in [-0.2, -0.15) is 0 Å². The number of ether oxygens (including phenoxy) is 2. The largest absolute Gasteiger partial charge is 0.491 e. The minimum atomic E-state index is -0.441. The Morgan fingerprint density at radius 3 is 2.50 bits per heavy atom. The van der Waals surface area contributed by atoms with Crippen LogP contribution in [0, 0.1) is 0 Å². The lowest BCUT2D eigenvalue weighted by Gasteiger charge is -2.16. The van der Waals surface area contributed by atoms with Crippen LogP contribution in [0.1, 0.15) is 20.8 Å². The van der Waals surface area contributed by atoms with Gasteiger partial charge in [0.25, 0.3) is 0 Å². The number of carbonyl (C=O) groups is 1. The molecule has 1 unspecified atom stereocenters. The second-order valence-corrected chi connectivity index (χ2v) is 4.35. The zero-order valence-electron chi connectivity index (χ0n) is 11.2. The Hall–Kier alpha value is -1.91. The first kappa shape index (κ1) is 14.2. The molecule has 18 heavy (non-hydrogen) atoms. The summed E-state index contributed by atoms with van der Waals surface area (Å²) in [5, 5.41) is 3.01. The highest BCUT2D eigenvalue weighted by Crippen LogP contribution is 2.24. The van der Waals surface area contributed by atoms with E-state index < -0.39 is 6.04 Å². The van der Waals surface area contributed by atoms with Crippen LogP contribution in [-0.2, 0) is 9.53 Å². The molecule has 1 aromatic carbocycles. The van der Waals surface area contributed by atoms with Crippen molar-refractivity contribution in [1.82, 2.24) is 0 Å². The fourth-order valence-corrected chi connectivity index (χ4v) is 1.53. The van der Waals surface area contributed by atoms with Crippen LogP contribution >= 0.6 is 0 Å². The summed E-state index contributed by atoms with van der Waals surface area (Å²) in [5.74, 6) is 0.341.